The van der Waals surface area contributed by atoms with Crippen LogP contribution < -0.4 is 0 Å². The Balaban J connectivity index is 0.000000666. The molecule has 3 aromatic rings. The molecule has 0 aliphatic carbocycles. The quantitative estimate of drug-likeness (QED) is 0.241. The molecule has 0 bridgehead atoms. The maximum atomic E-state index is 8.88. The number of methoxy groups -OCH3 is 1. The Morgan fingerprint density at radius 2 is 1.00 bits per heavy atom. The van der Waals surface area contributed by atoms with E-state index in [1.165, 1.54) is 43.2 Å². The molecule has 0 radical (unpaired) electrons. The lowest BCUT2D eigenvalue weighted by atomic mass is 9.85. The molecule has 4 heteroatoms. The molecule has 0 fully saturated rings. The van der Waals surface area contributed by atoms with Crippen molar-refractivity contribution in [2.75, 3.05) is 14.2 Å². The van der Waals surface area contributed by atoms with Gasteiger partial charge in [0.15, 0.2) is 0 Å². The van der Waals surface area contributed by atoms with E-state index in [4.69, 9.17) is 10.1 Å². The summed E-state index contributed by atoms with van der Waals surface area (Å²) in [5.74, 6) is 0.309. The third-order valence-electron chi connectivity index (χ3n) is 3.58. The molecule has 0 atom stereocenters. The van der Waals surface area contributed by atoms with E-state index in [2.05, 4.69) is 101 Å². The third kappa shape index (κ3) is 10.3. The summed E-state index contributed by atoms with van der Waals surface area (Å²) < 4.78 is 3.85. The second-order valence-electron chi connectivity index (χ2n) is 5.28. The average Bonchev–Trinajstić information content (AvgIpc) is 2.83. The van der Waals surface area contributed by atoms with Crippen molar-refractivity contribution >= 4 is 6.08 Å². The second-order valence-corrected chi connectivity index (χ2v) is 5.28. The fraction of sp³-hybridized carbons (Fsp3) is 0.200. The van der Waals surface area contributed by atoms with Crippen molar-refractivity contribution in [3.63, 3.8) is 0 Å². The van der Waals surface area contributed by atoms with Crippen molar-refractivity contribution in [3.8, 4) is 6.26 Å². The van der Waals surface area contributed by atoms with E-state index in [1.807, 2.05) is 13.8 Å². The predicted molar refractivity (Wildman–Crippen MR) is 118 cm³/mol. The number of benzene rings is 3. The van der Waals surface area contributed by atoms with Gasteiger partial charge in [-0.2, -0.15) is 5.26 Å². The fourth-order valence-corrected chi connectivity index (χ4v) is 2.51. The Labute approximate surface area is 174 Å². The van der Waals surface area contributed by atoms with Crippen LogP contribution in [0.2, 0.25) is 0 Å². The standard InChI is InChI=1S/C19H16.2C2H3NO.C2H6/c1-4-10-16(11-5-1)19(17-12-6-2-7-13-17)18-14-8-3-9-15-18;1-4-2-3;1-3-2-4;1-2/h1-15,19H;2*1H3;1-2H3. The Morgan fingerprint density at radius 3 is 1.17 bits per heavy atom. The highest BCUT2D eigenvalue weighted by Gasteiger charge is 2.15. The highest BCUT2D eigenvalue weighted by Crippen LogP contribution is 2.31. The fourth-order valence-electron chi connectivity index (χ4n) is 2.51. The number of carbonyl (C=O) groups excluding carboxylic acids is 1. The van der Waals surface area contributed by atoms with Crippen LogP contribution >= 0.6 is 0 Å². The smallest absolute Gasteiger partial charge is 0.286 e. The van der Waals surface area contributed by atoms with Gasteiger partial charge in [0.05, 0.1) is 7.11 Å². The Hall–Kier alpha value is -3.67. The summed E-state index contributed by atoms with van der Waals surface area (Å²) in [6, 6.07) is 32.0. The Bertz CT molecular complexity index is 744. The van der Waals surface area contributed by atoms with Gasteiger partial charge < -0.3 is 4.74 Å². The van der Waals surface area contributed by atoms with Crippen LogP contribution in [0.15, 0.2) is 96.0 Å². The number of isocyanates is 1. The summed E-state index contributed by atoms with van der Waals surface area (Å²) in [5.41, 5.74) is 4.00. The Morgan fingerprint density at radius 1 is 0.759 bits per heavy atom. The van der Waals surface area contributed by atoms with Crippen molar-refractivity contribution < 1.29 is 9.53 Å². The van der Waals surface area contributed by atoms with Gasteiger partial charge in [0.2, 0.25) is 6.08 Å². The van der Waals surface area contributed by atoms with Crippen LogP contribution in [0.3, 0.4) is 0 Å². The zero-order chi connectivity index (χ0) is 21.7. The first-order valence-corrected chi connectivity index (χ1v) is 9.31. The van der Waals surface area contributed by atoms with Crippen molar-refractivity contribution in [1.82, 2.24) is 0 Å². The number of rotatable bonds is 3. The number of hydrogen-bond acceptors (Lipinski definition) is 4. The molecule has 0 saturated carbocycles. The molecule has 0 unspecified atom stereocenters. The molecule has 0 saturated heterocycles. The van der Waals surface area contributed by atoms with Gasteiger partial charge in [-0.3, -0.25) is 0 Å². The monoisotopic (exact) mass is 388 g/mol. The molecule has 29 heavy (non-hydrogen) atoms. The van der Waals surface area contributed by atoms with E-state index >= 15 is 0 Å². The number of nitrogens with zero attached hydrogens (tertiary/aromatic N) is 2. The first kappa shape index (κ1) is 25.3. The summed E-state index contributed by atoms with van der Waals surface area (Å²) in [6.45, 7) is 4.00. The number of hydrogen-bond donors (Lipinski definition) is 0. The number of ether oxygens (including phenoxy) is 1. The van der Waals surface area contributed by atoms with Gasteiger partial charge in [-0.05, 0) is 16.7 Å². The largest absolute Gasteiger partial charge is 0.431 e. The van der Waals surface area contributed by atoms with Crippen LogP contribution in [0.1, 0.15) is 36.5 Å². The predicted octanol–water partition coefficient (Wildman–Crippen LogP) is 5.96. The van der Waals surface area contributed by atoms with Gasteiger partial charge in [-0.15, -0.1) is 0 Å². The van der Waals surface area contributed by atoms with Gasteiger partial charge in [0, 0.05) is 13.0 Å². The molecule has 0 amide bonds. The number of nitriles is 1. The highest BCUT2D eigenvalue weighted by molar-refractivity contribution is 5.42. The summed E-state index contributed by atoms with van der Waals surface area (Å²) in [4.78, 5) is 11.8. The molecule has 0 spiro atoms. The lowest BCUT2D eigenvalue weighted by Gasteiger charge is -2.18. The van der Waals surface area contributed by atoms with Crippen molar-refractivity contribution in [2.45, 2.75) is 19.8 Å². The van der Waals surface area contributed by atoms with E-state index in [0.717, 1.165) is 0 Å². The van der Waals surface area contributed by atoms with Crippen molar-refractivity contribution in [2.24, 2.45) is 4.99 Å². The normalized spacial score (nSPS) is 8.28. The van der Waals surface area contributed by atoms with Gasteiger partial charge >= 0.3 is 0 Å². The lowest BCUT2D eigenvalue weighted by molar-refractivity contribution is 0.362. The van der Waals surface area contributed by atoms with Crippen LogP contribution in [-0.2, 0) is 9.53 Å². The molecule has 3 rings (SSSR count). The van der Waals surface area contributed by atoms with Gasteiger partial charge in [-0.1, -0.05) is 105 Å². The lowest BCUT2D eigenvalue weighted by Crippen LogP contribution is -2.02. The maximum Gasteiger partial charge on any atom is 0.286 e. The third-order valence-corrected chi connectivity index (χ3v) is 3.58. The minimum absolute atomic E-state index is 0.309. The van der Waals surface area contributed by atoms with Crippen LogP contribution in [-0.4, -0.2) is 20.2 Å². The van der Waals surface area contributed by atoms with Crippen molar-refractivity contribution in [1.29, 1.82) is 5.26 Å². The second kappa shape index (κ2) is 17.7. The molecular weight excluding hydrogens is 360 g/mol. The van der Waals surface area contributed by atoms with Crippen LogP contribution in [0.25, 0.3) is 0 Å². The van der Waals surface area contributed by atoms with E-state index in [0.29, 0.717) is 5.92 Å². The summed E-state index contributed by atoms with van der Waals surface area (Å²) >= 11 is 0. The maximum absolute atomic E-state index is 8.88. The average molecular weight is 389 g/mol. The van der Waals surface area contributed by atoms with Gasteiger partial charge in [0.1, 0.15) is 0 Å². The molecule has 0 aliphatic rings. The summed E-state index contributed by atoms with van der Waals surface area (Å²) in [6.07, 6.45) is 2.74. The first-order valence-electron chi connectivity index (χ1n) is 9.31. The molecular formula is C25H28N2O2. The van der Waals surface area contributed by atoms with E-state index < -0.39 is 0 Å². The van der Waals surface area contributed by atoms with Crippen LogP contribution in [0.4, 0.5) is 0 Å². The molecule has 150 valence electrons. The first-order chi connectivity index (χ1) is 14.3. The topological polar surface area (TPSA) is 62.4 Å². The van der Waals surface area contributed by atoms with E-state index in [9.17, 15) is 0 Å². The zero-order valence-corrected chi connectivity index (χ0v) is 17.4. The summed E-state index contributed by atoms with van der Waals surface area (Å²) in [7, 11) is 2.70. The minimum Gasteiger partial charge on any atom is -0.431 e. The molecule has 0 N–H and O–H groups in total. The SMILES string of the molecule is CC.CN=C=O.COC#N.c1ccc(C(c2ccccc2)c2ccccc2)cc1. The minimum atomic E-state index is 0.309. The number of aliphatic imine (C=N–C) groups is 1. The highest BCUT2D eigenvalue weighted by atomic mass is 16.5. The molecule has 3 aromatic carbocycles. The van der Waals surface area contributed by atoms with E-state index in [1.54, 1.807) is 0 Å². The van der Waals surface area contributed by atoms with Gasteiger partial charge in [0.25, 0.3) is 6.26 Å². The van der Waals surface area contributed by atoms with Crippen molar-refractivity contribution in [3.05, 3.63) is 108 Å². The van der Waals surface area contributed by atoms with Gasteiger partial charge in [-0.25, -0.2) is 9.79 Å². The molecule has 0 aliphatic heterocycles. The van der Waals surface area contributed by atoms with Crippen LogP contribution in [0.5, 0.6) is 0 Å². The zero-order valence-electron chi connectivity index (χ0n) is 17.4. The Kier molecular flexibility index (Phi) is 15.5. The summed E-state index contributed by atoms with van der Waals surface area (Å²) in [5, 5.41) is 7.40. The van der Waals surface area contributed by atoms with Crippen LogP contribution in [0, 0.1) is 11.5 Å². The molecule has 0 heterocycles. The van der Waals surface area contributed by atoms with E-state index in [-0.39, 0.29) is 0 Å². The molecule has 0 aromatic heterocycles. The molecule has 4 nitrogen and oxygen atoms in total.